The lowest BCUT2D eigenvalue weighted by Crippen LogP contribution is -2.40. The number of hydrogen-bond acceptors (Lipinski definition) is 6. The second-order valence-corrected chi connectivity index (χ2v) is 6.52. The second kappa shape index (κ2) is 7.88. The van der Waals surface area contributed by atoms with E-state index in [1.807, 2.05) is 18.2 Å². The number of para-hydroxylation sites is 1. The molecule has 0 aliphatic carbocycles. The predicted octanol–water partition coefficient (Wildman–Crippen LogP) is 3.41. The van der Waals surface area contributed by atoms with Crippen LogP contribution in [0.1, 0.15) is 30.2 Å². The van der Waals surface area contributed by atoms with Crippen molar-refractivity contribution in [1.82, 2.24) is 20.0 Å². The number of aromatic nitrogens is 3. The molecule has 8 heteroatoms. The highest BCUT2D eigenvalue weighted by molar-refractivity contribution is 5.90. The maximum absolute atomic E-state index is 12.5. The van der Waals surface area contributed by atoms with E-state index in [1.165, 1.54) is 0 Å². The molecular formula is C20H18N6O2. The van der Waals surface area contributed by atoms with Crippen LogP contribution in [-0.2, 0) is 0 Å². The molecule has 3 heterocycles. The van der Waals surface area contributed by atoms with Crippen molar-refractivity contribution in [2.45, 2.75) is 18.8 Å². The topological polar surface area (TPSA) is 108 Å². The van der Waals surface area contributed by atoms with Gasteiger partial charge in [0.15, 0.2) is 0 Å². The third-order valence-electron chi connectivity index (χ3n) is 4.76. The van der Waals surface area contributed by atoms with Crippen LogP contribution in [0.4, 0.5) is 10.5 Å². The molecule has 0 atom stereocenters. The second-order valence-electron chi connectivity index (χ2n) is 6.52. The number of nitriles is 1. The minimum absolute atomic E-state index is 0.111. The largest absolute Gasteiger partial charge is 0.339 e. The van der Waals surface area contributed by atoms with Gasteiger partial charge < -0.3 is 14.7 Å². The third-order valence-corrected chi connectivity index (χ3v) is 4.76. The molecule has 1 aromatic carbocycles. The average Bonchev–Trinajstić information content (AvgIpc) is 3.25. The lowest BCUT2D eigenvalue weighted by atomic mass is 9.97. The van der Waals surface area contributed by atoms with Crippen LogP contribution >= 0.6 is 0 Å². The normalized spacial score (nSPS) is 14.5. The van der Waals surface area contributed by atoms with Gasteiger partial charge in [-0.1, -0.05) is 23.4 Å². The van der Waals surface area contributed by atoms with Crippen molar-refractivity contribution in [1.29, 1.82) is 5.26 Å². The number of nitrogens with zero attached hydrogens (tertiary/aromatic N) is 5. The molecule has 3 aromatic rings. The molecule has 2 aromatic heterocycles. The SMILES string of the molecule is N#Cc1ccccc1NC(=O)N1CCC(c2nc(-c3ccccn3)no2)CC1. The van der Waals surface area contributed by atoms with E-state index in [0.717, 1.165) is 12.8 Å². The number of hydrogen-bond donors (Lipinski definition) is 1. The summed E-state index contributed by atoms with van der Waals surface area (Å²) in [4.78, 5) is 22.9. The Balaban J connectivity index is 1.36. The standard InChI is InChI=1S/C20H18N6O2/c21-13-15-5-1-2-6-16(15)23-20(27)26-11-8-14(9-12-26)19-24-18(25-28-19)17-7-3-4-10-22-17/h1-7,10,14H,8-9,11-12H2,(H,23,27). The first-order valence-electron chi connectivity index (χ1n) is 9.04. The highest BCUT2D eigenvalue weighted by atomic mass is 16.5. The maximum atomic E-state index is 12.5. The molecule has 1 N–H and O–H groups in total. The highest BCUT2D eigenvalue weighted by Gasteiger charge is 2.28. The van der Waals surface area contributed by atoms with Crippen molar-refractivity contribution in [3.8, 4) is 17.6 Å². The van der Waals surface area contributed by atoms with Crippen LogP contribution in [-0.4, -0.2) is 39.1 Å². The molecule has 0 radical (unpaired) electrons. The lowest BCUT2D eigenvalue weighted by Gasteiger charge is -2.30. The molecule has 0 spiro atoms. The Kier molecular flexibility index (Phi) is 4.97. The summed E-state index contributed by atoms with van der Waals surface area (Å²) in [6.07, 6.45) is 3.15. The number of carbonyl (C=O) groups is 1. The minimum Gasteiger partial charge on any atom is -0.339 e. The van der Waals surface area contributed by atoms with Crippen molar-refractivity contribution in [2.75, 3.05) is 18.4 Å². The fourth-order valence-corrected chi connectivity index (χ4v) is 3.21. The van der Waals surface area contributed by atoms with Gasteiger partial charge in [0, 0.05) is 25.2 Å². The number of nitrogens with one attached hydrogen (secondary N) is 1. The van der Waals surface area contributed by atoms with Gasteiger partial charge in [0.1, 0.15) is 11.8 Å². The van der Waals surface area contributed by atoms with Crippen LogP contribution in [0.5, 0.6) is 0 Å². The van der Waals surface area contributed by atoms with Crippen LogP contribution in [0.15, 0.2) is 53.2 Å². The van der Waals surface area contributed by atoms with Gasteiger partial charge in [-0.15, -0.1) is 0 Å². The number of rotatable bonds is 3. The van der Waals surface area contributed by atoms with Crippen LogP contribution in [0.2, 0.25) is 0 Å². The van der Waals surface area contributed by atoms with Crippen molar-refractivity contribution >= 4 is 11.7 Å². The van der Waals surface area contributed by atoms with Crippen molar-refractivity contribution in [3.63, 3.8) is 0 Å². The van der Waals surface area contributed by atoms with Crippen LogP contribution in [0.25, 0.3) is 11.5 Å². The van der Waals surface area contributed by atoms with E-state index in [-0.39, 0.29) is 11.9 Å². The molecule has 1 saturated heterocycles. The Bertz CT molecular complexity index is 1000. The summed E-state index contributed by atoms with van der Waals surface area (Å²) in [6.45, 7) is 1.15. The first-order valence-corrected chi connectivity index (χ1v) is 9.04. The Morgan fingerprint density at radius 3 is 2.71 bits per heavy atom. The number of likely N-dealkylation sites (tertiary alicyclic amines) is 1. The summed E-state index contributed by atoms with van der Waals surface area (Å²) in [5.74, 6) is 1.17. The molecule has 140 valence electrons. The monoisotopic (exact) mass is 374 g/mol. The van der Waals surface area contributed by atoms with Gasteiger partial charge >= 0.3 is 6.03 Å². The zero-order valence-corrected chi connectivity index (χ0v) is 15.1. The van der Waals surface area contributed by atoms with Crippen molar-refractivity contribution in [2.24, 2.45) is 0 Å². The number of amides is 2. The smallest absolute Gasteiger partial charge is 0.321 e. The summed E-state index contributed by atoms with van der Waals surface area (Å²) in [6, 6.07) is 14.4. The first kappa shape index (κ1) is 17.7. The molecule has 0 saturated carbocycles. The third kappa shape index (κ3) is 3.69. The number of piperidine rings is 1. The number of pyridine rings is 1. The fourth-order valence-electron chi connectivity index (χ4n) is 3.21. The van der Waals surface area contributed by atoms with Gasteiger partial charge in [0.05, 0.1) is 11.3 Å². The zero-order valence-electron chi connectivity index (χ0n) is 15.1. The zero-order chi connectivity index (χ0) is 19.3. The molecule has 0 unspecified atom stereocenters. The Hall–Kier alpha value is -3.73. The summed E-state index contributed by atoms with van der Waals surface area (Å²) in [5, 5.41) is 16.0. The van der Waals surface area contributed by atoms with E-state index in [1.54, 1.807) is 35.4 Å². The summed E-state index contributed by atoms with van der Waals surface area (Å²) < 4.78 is 5.42. The van der Waals surface area contributed by atoms with E-state index in [0.29, 0.717) is 41.7 Å². The summed E-state index contributed by atoms with van der Waals surface area (Å²) in [5.41, 5.74) is 1.64. The Labute approximate surface area is 161 Å². The molecule has 0 bridgehead atoms. The molecule has 1 aliphatic heterocycles. The number of benzene rings is 1. The minimum atomic E-state index is -0.208. The Morgan fingerprint density at radius 2 is 1.96 bits per heavy atom. The van der Waals surface area contributed by atoms with Crippen LogP contribution < -0.4 is 5.32 Å². The van der Waals surface area contributed by atoms with Crippen LogP contribution in [0.3, 0.4) is 0 Å². The van der Waals surface area contributed by atoms with Gasteiger partial charge in [0.2, 0.25) is 11.7 Å². The van der Waals surface area contributed by atoms with Gasteiger partial charge in [0.25, 0.3) is 0 Å². The maximum Gasteiger partial charge on any atom is 0.321 e. The van der Waals surface area contributed by atoms with Gasteiger partial charge in [-0.3, -0.25) is 4.98 Å². The van der Waals surface area contributed by atoms with Gasteiger partial charge in [-0.25, -0.2) is 4.79 Å². The highest BCUT2D eigenvalue weighted by Crippen LogP contribution is 2.28. The van der Waals surface area contributed by atoms with Crippen LogP contribution in [0, 0.1) is 11.3 Å². The van der Waals surface area contributed by atoms with Gasteiger partial charge in [-0.05, 0) is 37.1 Å². The van der Waals surface area contributed by atoms with E-state index in [9.17, 15) is 4.79 Å². The quantitative estimate of drug-likeness (QED) is 0.752. The summed E-state index contributed by atoms with van der Waals surface area (Å²) in [7, 11) is 0. The van der Waals surface area contributed by atoms with Gasteiger partial charge in [-0.2, -0.15) is 10.2 Å². The molecule has 4 rings (SSSR count). The Morgan fingerprint density at radius 1 is 1.18 bits per heavy atom. The number of urea groups is 1. The summed E-state index contributed by atoms with van der Waals surface area (Å²) >= 11 is 0. The molecular weight excluding hydrogens is 356 g/mol. The predicted molar refractivity (Wildman–Crippen MR) is 101 cm³/mol. The number of anilines is 1. The lowest BCUT2D eigenvalue weighted by molar-refractivity contribution is 0.187. The molecule has 1 fully saturated rings. The fraction of sp³-hybridized carbons (Fsp3) is 0.250. The van der Waals surface area contributed by atoms with E-state index in [2.05, 4.69) is 26.5 Å². The van der Waals surface area contributed by atoms with E-state index in [4.69, 9.17) is 9.78 Å². The van der Waals surface area contributed by atoms with Crippen molar-refractivity contribution < 1.29 is 9.32 Å². The average molecular weight is 374 g/mol. The van der Waals surface area contributed by atoms with E-state index >= 15 is 0 Å². The van der Waals surface area contributed by atoms with E-state index < -0.39 is 0 Å². The molecule has 8 nitrogen and oxygen atoms in total. The first-order chi connectivity index (χ1) is 13.7. The molecule has 28 heavy (non-hydrogen) atoms. The molecule has 1 aliphatic rings. The number of carbonyl (C=O) groups excluding carboxylic acids is 1. The van der Waals surface area contributed by atoms with Crippen molar-refractivity contribution in [3.05, 3.63) is 60.1 Å². The molecule has 2 amide bonds.